The lowest BCUT2D eigenvalue weighted by Crippen LogP contribution is -2.52. The third kappa shape index (κ3) is 1.68. The van der Waals surface area contributed by atoms with Crippen molar-refractivity contribution in [3.8, 4) is 0 Å². The maximum atomic E-state index is 11.8. The summed E-state index contributed by atoms with van der Waals surface area (Å²) in [6, 6.07) is 0. The molecule has 1 N–H and O–H groups in total. The van der Waals surface area contributed by atoms with Gasteiger partial charge in [-0.15, -0.1) is 0 Å². The van der Waals surface area contributed by atoms with Crippen LogP contribution in [0.5, 0.6) is 0 Å². The molecule has 2 fully saturated rings. The Hall–Kier alpha value is -0.890. The van der Waals surface area contributed by atoms with E-state index in [-0.39, 0.29) is 10.8 Å². The molecular weight excluding hydrogens is 272 g/mol. The molecule has 0 aliphatic heterocycles. The molecule has 0 spiro atoms. The van der Waals surface area contributed by atoms with Gasteiger partial charge in [0, 0.05) is 6.42 Å². The predicted octanol–water partition coefficient (Wildman–Crippen LogP) is 4.05. The summed E-state index contributed by atoms with van der Waals surface area (Å²) in [5.41, 5.74) is 0.970. The molecule has 120 valence electrons. The second-order valence-corrected chi connectivity index (χ2v) is 8.90. The SMILES string of the molecule is C[C@]12CCC(=O)C=C1C=C[C@@H]1[C@@H]2CC[C@@]2(C)[C@H]1CC[C@]2(C)O. The molecule has 4 rings (SSSR count). The van der Waals surface area contributed by atoms with Gasteiger partial charge in [0.15, 0.2) is 5.78 Å². The Balaban J connectivity index is 1.76. The first-order valence-corrected chi connectivity index (χ1v) is 8.94. The number of allylic oxidation sites excluding steroid dienone is 4. The molecule has 0 saturated heterocycles. The molecule has 6 atom stereocenters. The predicted molar refractivity (Wildman–Crippen MR) is 87.2 cm³/mol. The first-order chi connectivity index (χ1) is 10.3. The van der Waals surface area contributed by atoms with Crippen molar-refractivity contribution in [2.45, 2.75) is 64.9 Å². The monoisotopic (exact) mass is 300 g/mol. The zero-order valence-electron chi connectivity index (χ0n) is 14.1. The van der Waals surface area contributed by atoms with E-state index in [2.05, 4.69) is 26.0 Å². The summed E-state index contributed by atoms with van der Waals surface area (Å²) in [6.07, 6.45) is 12.6. The van der Waals surface area contributed by atoms with Gasteiger partial charge in [-0.25, -0.2) is 0 Å². The van der Waals surface area contributed by atoms with E-state index in [4.69, 9.17) is 0 Å². The van der Waals surface area contributed by atoms with Crippen LogP contribution in [-0.2, 0) is 4.79 Å². The number of carbonyl (C=O) groups excluding carboxylic acids is 1. The Labute approximate surface area is 133 Å². The first kappa shape index (κ1) is 14.7. The van der Waals surface area contributed by atoms with Gasteiger partial charge in [0.25, 0.3) is 0 Å². The normalized spacial score (nSPS) is 53.5. The van der Waals surface area contributed by atoms with Gasteiger partial charge in [-0.2, -0.15) is 0 Å². The third-order valence-electron chi connectivity index (χ3n) is 8.08. The standard InChI is InChI=1S/C20H28O2/c1-18-9-6-14(21)12-13(18)4-5-15-16(18)7-10-19(2)17(15)8-11-20(19,3)22/h4-5,12,15-17,22H,6-11H2,1-3H3/t15-,16+,17+,18+,19+,20+/m1/s1. The molecule has 0 amide bonds. The Morgan fingerprint density at radius 2 is 1.82 bits per heavy atom. The van der Waals surface area contributed by atoms with Gasteiger partial charge in [-0.1, -0.05) is 26.0 Å². The number of carbonyl (C=O) groups is 1. The van der Waals surface area contributed by atoms with Crippen LogP contribution in [-0.4, -0.2) is 16.5 Å². The lowest BCUT2D eigenvalue weighted by atomic mass is 9.48. The fraction of sp³-hybridized carbons (Fsp3) is 0.750. The van der Waals surface area contributed by atoms with Crippen LogP contribution in [0.2, 0.25) is 0 Å². The Bertz CT molecular complexity index is 585. The van der Waals surface area contributed by atoms with Crippen molar-refractivity contribution in [3.05, 3.63) is 23.8 Å². The van der Waals surface area contributed by atoms with Crippen LogP contribution in [0.1, 0.15) is 59.3 Å². The highest BCUT2D eigenvalue weighted by Gasteiger charge is 2.61. The van der Waals surface area contributed by atoms with Crippen LogP contribution in [0.15, 0.2) is 23.8 Å². The van der Waals surface area contributed by atoms with Crippen LogP contribution in [0.3, 0.4) is 0 Å². The molecule has 0 aromatic heterocycles. The summed E-state index contributed by atoms with van der Waals surface area (Å²) in [5, 5.41) is 10.9. The van der Waals surface area contributed by atoms with Crippen molar-refractivity contribution in [3.63, 3.8) is 0 Å². The van der Waals surface area contributed by atoms with Crippen LogP contribution < -0.4 is 0 Å². The second kappa shape index (κ2) is 4.35. The van der Waals surface area contributed by atoms with Crippen LogP contribution in [0.4, 0.5) is 0 Å². The van der Waals surface area contributed by atoms with Crippen LogP contribution >= 0.6 is 0 Å². The quantitative estimate of drug-likeness (QED) is 0.733. The van der Waals surface area contributed by atoms with Crippen molar-refractivity contribution in [2.75, 3.05) is 0 Å². The Morgan fingerprint density at radius 3 is 2.59 bits per heavy atom. The van der Waals surface area contributed by atoms with Crippen molar-refractivity contribution in [1.82, 2.24) is 0 Å². The van der Waals surface area contributed by atoms with E-state index < -0.39 is 5.60 Å². The van der Waals surface area contributed by atoms with E-state index in [0.29, 0.717) is 30.0 Å². The summed E-state index contributed by atoms with van der Waals surface area (Å²) in [7, 11) is 0. The smallest absolute Gasteiger partial charge is 0.156 e. The van der Waals surface area contributed by atoms with E-state index >= 15 is 0 Å². The molecule has 4 aliphatic rings. The number of ketones is 1. The van der Waals surface area contributed by atoms with E-state index in [1.165, 1.54) is 12.0 Å². The van der Waals surface area contributed by atoms with Crippen LogP contribution in [0.25, 0.3) is 0 Å². The minimum absolute atomic E-state index is 0.0561. The summed E-state index contributed by atoms with van der Waals surface area (Å²) < 4.78 is 0. The van der Waals surface area contributed by atoms with Gasteiger partial charge >= 0.3 is 0 Å². The van der Waals surface area contributed by atoms with Gasteiger partial charge in [0.1, 0.15) is 0 Å². The average Bonchev–Trinajstić information content (AvgIpc) is 2.70. The average molecular weight is 300 g/mol. The molecule has 0 unspecified atom stereocenters. The minimum atomic E-state index is -0.518. The van der Waals surface area contributed by atoms with E-state index in [9.17, 15) is 9.90 Å². The summed E-state index contributed by atoms with van der Waals surface area (Å²) in [6.45, 7) is 6.74. The molecule has 2 nitrogen and oxygen atoms in total. The number of fused-ring (bicyclic) bond motifs is 5. The number of hydrogen-bond acceptors (Lipinski definition) is 2. The van der Waals surface area contributed by atoms with E-state index in [1.807, 2.05) is 13.0 Å². The van der Waals surface area contributed by atoms with Gasteiger partial charge < -0.3 is 5.11 Å². The molecule has 2 heteroatoms. The zero-order chi connectivity index (χ0) is 15.8. The minimum Gasteiger partial charge on any atom is -0.390 e. The van der Waals surface area contributed by atoms with Crippen molar-refractivity contribution in [1.29, 1.82) is 0 Å². The van der Waals surface area contributed by atoms with Crippen molar-refractivity contribution < 1.29 is 9.90 Å². The Kier molecular flexibility index (Phi) is 2.90. The Morgan fingerprint density at radius 1 is 1.09 bits per heavy atom. The maximum absolute atomic E-state index is 11.8. The third-order valence-corrected chi connectivity index (χ3v) is 8.08. The largest absolute Gasteiger partial charge is 0.390 e. The molecule has 2 saturated carbocycles. The molecule has 4 aliphatic carbocycles. The fourth-order valence-electron chi connectivity index (χ4n) is 6.24. The lowest BCUT2D eigenvalue weighted by Gasteiger charge is -2.56. The van der Waals surface area contributed by atoms with Crippen LogP contribution in [0, 0.1) is 28.6 Å². The maximum Gasteiger partial charge on any atom is 0.156 e. The molecule has 0 bridgehead atoms. The van der Waals surface area contributed by atoms with Gasteiger partial charge in [0.05, 0.1) is 5.60 Å². The van der Waals surface area contributed by atoms with E-state index in [0.717, 1.165) is 25.7 Å². The van der Waals surface area contributed by atoms with Crippen molar-refractivity contribution in [2.24, 2.45) is 28.6 Å². The van der Waals surface area contributed by atoms with Gasteiger partial charge in [-0.3, -0.25) is 4.79 Å². The highest BCUT2D eigenvalue weighted by atomic mass is 16.3. The van der Waals surface area contributed by atoms with Crippen molar-refractivity contribution >= 4 is 5.78 Å². The first-order valence-electron chi connectivity index (χ1n) is 8.94. The number of hydrogen-bond donors (Lipinski definition) is 1. The van der Waals surface area contributed by atoms with Gasteiger partial charge in [-0.05, 0) is 79.3 Å². The number of aliphatic hydroxyl groups is 1. The lowest BCUT2D eigenvalue weighted by molar-refractivity contribution is -0.118. The van der Waals surface area contributed by atoms with E-state index in [1.54, 1.807) is 0 Å². The molecular formula is C20H28O2. The summed E-state index contributed by atoms with van der Waals surface area (Å²) in [5.74, 6) is 2.10. The zero-order valence-corrected chi connectivity index (χ0v) is 14.1. The fourth-order valence-corrected chi connectivity index (χ4v) is 6.24. The highest BCUT2D eigenvalue weighted by Crippen LogP contribution is 2.65. The van der Waals surface area contributed by atoms with Gasteiger partial charge in [0.2, 0.25) is 0 Å². The second-order valence-electron chi connectivity index (χ2n) is 8.90. The molecule has 22 heavy (non-hydrogen) atoms. The molecule has 0 heterocycles. The molecule has 0 radical (unpaired) electrons. The number of rotatable bonds is 0. The topological polar surface area (TPSA) is 37.3 Å². The molecule has 0 aromatic rings. The molecule has 0 aromatic carbocycles. The highest BCUT2D eigenvalue weighted by molar-refractivity contribution is 5.92. The summed E-state index contributed by atoms with van der Waals surface area (Å²) >= 11 is 0. The summed E-state index contributed by atoms with van der Waals surface area (Å²) in [4.78, 5) is 11.8.